The first kappa shape index (κ1) is 14.2. The Balaban J connectivity index is 2.06. The highest BCUT2D eigenvalue weighted by Gasteiger charge is 2.04. The Labute approximate surface area is 118 Å². The number of ether oxygens (including phenoxy) is 1. The van der Waals surface area contributed by atoms with Crippen LogP contribution in [0.4, 0.5) is 11.6 Å². The van der Waals surface area contributed by atoms with E-state index in [-0.39, 0.29) is 0 Å². The van der Waals surface area contributed by atoms with E-state index >= 15 is 0 Å². The van der Waals surface area contributed by atoms with Gasteiger partial charge < -0.3 is 15.4 Å². The van der Waals surface area contributed by atoms with Crippen molar-refractivity contribution in [3.05, 3.63) is 42.0 Å². The second kappa shape index (κ2) is 7.40. The summed E-state index contributed by atoms with van der Waals surface area (Å²) in [6.07, 6.45) is 3.55. The third-order valence-corrected chi connectivity index (χ3v) is 2.69. The summed E-state index contributed by atoms with van der Waals surface area (Å²) in [4.78, 5) is 12.8. The van der Waals surface area contributed by atoms with E-state index in [1.165, 1.54) is 0 Å². The number of hydrogen-bond acceptors (Lipinski definition) is 6. The molecule has 2 aromatic heterocycles. The molecule has 2 heterocycles. The largest absolute Gasteiger partial charge is 0.374 e. The van der Waals surface area contributed by atoms with Crippen LogP contribution < -0.4 is 10.6 Å². The summed E-state index contributed by atoms with van der Waals surface area (Å²) >= 11 is 0. The lowest BCUT2D eigenvalue weighted by molar-refractivity contribution is 0.128. The average molecular weight is 273 g/mol. The molecule has 0 aliphatic rings. The van der Waals surface area contributed by atoms with Crippen molar-refractivity contribution in [3.8, 4) is 0 Å². The molecule has 0 saturated heterocycles. The van der Waals surface area contributed by atoms with Gasteiger partial charge in [0.2, 0.25) is 0 Å². The van der Waals surface area contributed by atoms with E-state index < -0.39 is 0 Å². The van der Waals surface area contributed by atoms with Crippen LogP contribution in [0.15, 0.2) is 30.6 Å². The standard InChI is InChI=1S/C14H19N5O/c1-3-20-10-14-18-12(15-2)8-13(19-14)17-9-11-4-6-16-7-5-11/h4-8H,3,9-10H2,1-2H3,(H2,15,17,18,19). The Morgan fingerprint density at radius 3 is 2.60 bits per heavy atom. The van der Waals surface area contributed by atoms with Crippen LogP contribution in [0, 0.1) is 0 Å². The minimum atomic E-state index is 0.413. The molecule has 0 bridgehead atoms. The van der Waals surface area contributed by atoms with Crippen LogP contribution in [0.25, 0.3) is 0 Å². The van der Waals surface area contributed by atoms with Crippen LogP contribution in [-0.2, 0) is 17.9 Å². The van der Waals surface area contributed by atoms with E-state index in [2.05, 4.69) is 25.6 Å². The smallest absolute Gasteiger partial charge is 0.158 e. The quantitative estimate of drug-likeness (QED) is 0.804. The molecule has 2 N–H and O–H groups in total. The van der Waals surface area contributed by atoms with Crippen molar-refractivity contribution in [1.82, 2.24) is 15.0 Å². The van der Waals surface area contributed by atoms with Gasteiger partial charge in [-0.3, -0.25) is 4.98 Å². The van der Waals surface area contributed by atoms with Gasteiger partial charge in [-0.25, -0.2) is 9.97 Å². The van der Waals surface area contributed by atoms with Gasteiger partial charge in [-0.2, -0.15) is 0 Å². The second-order valence-electron chi connectivity index (χ2n) is 4.15. The normalized spacial score (nSPS) is 10.3. The first-order valence-electron chi connectivity index (χ1n) is 6.58. The van der Waals surface area contributed by atoms with Crippen molar-refractivity contribution < 1.29 is 4.74 Å². The monoisotopic (exact) mass is 273 g/mol. The van der Waals surface area contributed by atoms with Crippen LogP contribution in [-0.4, -0.2) is 28.6 Å². The molecule has 0 unspecified atom stereocenters. The zero-order valence-electron chi connectivity index (χ0n) is 11.8. The summed E-state index contributed by atoms with van der Waals surface area (Å²) < 4.78 is 5.35. The summed E-state index contributed by atoms with van der Waals surface area (Å²) in [5.74, 6) is 2.21. The molecule has 0 spiro atoms. The summed E-state index contributed by atoms with van der Waals surface area (Å²) in [6, 6.07) is 5.80. The third-order valence-electron chi connectivity index (χ3n) is 2.69. The first-order chi connectivity index (χ1) is 9.81. The molecule has 6 heteroatoms. The van der Waals surface area contributed by atoms with E-state index in [9.17, 15) is 0 Å². The van der Waals surface area contributed by atoms with Crippen LogP contribution >= 0.6 is 0 Å². The minimum Gasteiger partial charge on any atom is -0.374 e. The SMILES string of the molecule is CCOCc1nc(NC)cc(NCc2ccncc2)n1. The molecule has 6 nitrogen and oxygen atoms in total. The Morgan fingerprint density at radius 2 is 1.90 bits per heavy atom. The molecule has 0 radical (unpaired) electrons. The highest BCUT2D eigenvalue weighted by Crippen LogP contribution is 2.12. The van der Waals surface area contributed by atoms with E-state index in [1.807, 2.05) is 32.2 Å². The average Bonchev–Trinajstić information content (AvgIpc) is 2.51. The number of pyridine rings is 1. The van der Waals surface area contributed by atoms with Gasteiger partial charge in [-0.1, -0.05) is 0 Å². The number of hydrogen-bond donors (Lipinski definition) is 2. The lowest BCUT2D eigenvalue weighted by atomic mass is 10.3. The van der Waals surface area contributed by atoms with Crippen LogP contribution in [0.3, 0.4) is 0 Å². The van der Waals surface area contributed by atoms with Crippen molar-refractivity contribution in [3.63, 3.8) is 0 Å². The Bertz CT molecular complexity index is 532. The number of rotatable bonds is 7. The van der Waals surface area contributed by atoms with Gasteiger partial charge in [0.05, 0.1) is 0 Å². The molecule has 0 aromatic carbocycles. The molecule has 0 aliphatic carbocycles. The Morgan fingerprint density at radius 1 is 1.15 bits per heavy atom. The first-order valence-corrected chi connectivity index (χ1v) is 6.58. The van der Waals surface area contributed by atoms with Crippen molar-refractivity contribution >= 4 is 11.6 Å². The van der Waals surface area contributed by atoms with Gasteiger partial charge in [-0.15, -0.1) is 0 Å². The minimum absolute atomic E-state index is 0.413. The summed E-state index contributed by atoms with van der Waals surface area (Å²) in [6.45, 7) is 3.70. The van der Waals surface area contributed by atoms with Gasteiger partial charge in [0.15, 0.2) is 5.82 Å². The summed E-state index contributed by atoms with van der Waals surface area (Å²) in [5.41, 5.74) is 1.15. The molecular weight excluding hydrogens is 254 g/mol. The zero-order chi connectivity index (χ0) is 14.2. The predicted octanol–water partition coefficient (Wildman–Crippen LogP) is 2.06. The lowest BCUT2D eigenvalue weighted by Gasteiger charge is -2.10. The molecule has 0 atom stereocenters. The van der Waals surface area contributed by atoms with E-state index in [0.717, 1.165) is 17.2 Å². The molecule has 0 amide bonds. The van der Waals surface area contributed by atoms with Crippen molar-refractivity contribution in [2.75, 3.05) is 24.3 Å². The van der Waals surface area contributed by atoms with E-state index in [4.69, 9.17) is 4.74 Å². The molecule has 0 saturated carbocycles. The van der Waals surface area contributed by atoms with Gasteiger partial charge in [0, 0.05) is 38.7 Å². The highest BCUT2D eigenvalue weighted by atomic mass is 16.5. The van der Waals surface area contributed by atoms with Gasteiger partial charge in [0.25, 0.3) is 0 Å². The maximum atomic E-state index is 5.35. The zero-order valence-corrected chi connectivity index (χ0v) is 11.8. The fourth-order valence-electron chi connectivity index (χ4n) is 1.67. The molecule has 106 valence electrons. The number of aromatic nitrogens is 3. The number of nitrogens with zero attached hydrogens (tertiary/aromatic N) is 3. The summed E-state index contributed by atoms with van der Waals surface area (Å²) in [5, 5.41) is 6.30. The maximum absolute atomic E-state index is 5.35. The van der Waals surface area contributed by atoms with Crippen LogP contribution in [0.5, 0.6) is 0 Å². The molecular formula is C14H19N5O. The molecule has 20 heavy (non-hydrogen) atoms. The summed E-state index contributed by atoms with van der Waals surface area (Å²) in [7, 11) is 1.83. The Hall–Kier alpha value is -2.21. The third kappa shape index (κ3) is 4.17. The molecule has 2 rings (SSSR count). The Kier molecular flexibility index (Phi) is 5.25. The predicted molar refractivity (Wildman–Crippen MR) is 78.5 cm³/mol. The van der Waals surface area contributed by atoms with Crippen LogP contribution in [0.1, 0.15) is 18.3 Å². The highest BCUT2D eigenvalue weighted by molar-refractivity contribution is 5.47. The van der Waals surface area contributed by atoms with E-state index in [0.29, 0.717) is 25.6 Å². The van der Waals surface area contributed by atoms with Crippen molar-refractivity contribution in [2.24, 2.45) is 0 Å². The fourth-order valence-corrected chi connectivity index (χ4v) is 1.67. The van der Waals surface area contributed by atoms with Crippen molar-refractivity contribution in [2.45, 2.75) is 20.1 Å². The van der Waals surface area contributed by atoms with Gasteiger partial charge in [0.1, 0.15) is 18.2 Å². The lowest BCUT2D eigenvalue weighted by Crippen LogP contribution is -2.07. The van der Waals surface area contributed by atoms with Gasteiger partial charge >= 0.3 is 0 Å². The topological polar surface area (TPSA) is 72.0 Å². The molecule has 0 fully saturated rings. The van der Waals surface area contributed by atoms with Gasteiger partial charge in [-0.05, 0) is 24.6 Å². The maximum Gasteiger partial charge on any atom is 0.158 e. The van der Waals surface area contributed by atoms with Crippen molar-refractivity contribution in [1.29, 1.82) is 0 Å². The molecule has 2 aromatic rings. The molecule has 0 aliphatic heterocycles. The number of anilines is 2. The van der Waals surface area contributed by atoms with E-state index in [1.54, 1.807) is 12.4 Å². The van der Waals surface area contributed by atoms with Crippen LogP contribution in [0.2, 0.25) is 0 Å². The second-order valence-corrected chi connectivity index (χ2v) is 4.15. The number of nitrogens with one attached hydrogen (secondary N) is 2. The fraction of sp³-hybridized carbons (Fsp3) is 0.357.